The summed E-state index contributed by atoms with van der Waals surface area (Å²) in [5.41, 5.74) is 2.30. The summed E-state index contributed by atoms with van der Waals surface area (Å²) in [6, 6.07) is 10.1. The zero-order valence-corrected chi connectivity index (χ0v) is 8.50. The highest BCUT2D eigenvalue weighted by Gasteiger charge is 1.97. The molecule has 0 aliphatic heterocycles. The van der Waals surface area contributed by atoms with Crippen LogP contribution in [-0.4, -0.2) is 21.5 Å². The molecule has 0 bridgehead atoms. The third kappa shape index (κ3) is 2.44. The lowest BCUT2D eigenvalue weighted by Gasteiger charge is -2.04. The van der Waals surface area contributed by atoms with E-state index < -0.39 is 0 Å². The van der Waals surface area contributed by atoms with Gasteiger partial charge >= 0.3 is 0 Å². The smallest absolute Gasteiger partial charge is 0.0648 e. The van der Waals surface area contributed by atoms with Crippen molar-refractivity contribution in [3.8, 4) is 5.69 Å². The fraction of sp³-hybridized carbons (Fsp3) is 0.250. The van der Waals surface area contributed by atoms with Gasteiger partial charge in [0.15, 0.2) is 0 Å². The minimum absolute atomic E-state index is 0.242. The Labute approximate surface area is 89.0 Å². The molecule has 2 rings (SSSR count). The van der Waals surface area contributed by atoms with Crippen molar-refractivity contribution in [2.45, 2.75) is 12.8 Å². The topological polar surface area (TPSA) is 38.0 Å². The summed E-state index contributed by atoms with van der Waals surface area (Å²) < 4.78 is 1.84. The van der Waals surface area contributed by atoms with E-state index in [0.29, 0.717) is 0 Å². The third-order valence-corrected chi connectivity index (χ3v) is 2.30. The van der Waals surface area contributed by atoms with Crippen LogP contribution in [0.3, 0.4) is 0 Å². The van der Waals surface area contributed by atoms with E-state index in [-0.39, 0.29) is 6.61 Å². The fourth-order valence-electron chi connectivity index (χ4n) is 1.56. The maximum absolute atomic E-state index is 8.76. The predicted molar refractivity (Wildman–Crippen MR) is 59.0 cm³/mol. The Morgan fingerprint density at radius 1 is 1.27 bits per heavy atom. The molecule has 78 valence electrons. The second-order valence-corrected chi connectivity index (χ2v) is 3.45. The molecule has 0 spiro atoms. The van der Waals surface area contributed by atoms with Crippen LogP contribution in [0.1, 0.15) is 12.0 Å². The van der Waals surface area contributed by atoms with Crippen LogP contribution in [-0.2, 0) is 6.42 Å². The Bertz CT molecular complexity index is 409. The number of rotatable bonds is 4. The van der Waals surface area contributed by atoms with Gasteiger partial charge in [-0.15, -0.1) is 0 Å². The van der Waals surface area contributed by atoms with Crippen LogP contribution in [0.25, 0.3) is 5.69 Å². The maximum atomic E-state index is 8.76. The highest BCUT2D eigenvalue weighted by Crippen LogP contribution is 2.10. The van der Waals surface area contributed by atoms with Gasteiger partial charge in [-0.3, -0.25) is 0 Å². The van der Waals surface area contributed by atoms with E-state index in [1.165, 1.54) is 5.56 Å². The van der Waals surface area contributed by atoms with Crippen molar-refractivity contribution < 1.29 is 5.11 Å². The lowest BCUT2D eigenvalue weighted by Crippen LogP contribution is -1.96. The SMILES string of the molecule is OCCCc1cccc(-n2cccn2)c1. The van der Waals surface area contributed by atoms with E-state index in [1.54, 1.807) is 6.20 Å². The molecule has 0 unspecified atom stereocenters. The summed E-state index contributed by atoms with van der Waals surface area (Å²) in [4.78, 5) is 0. The molecule has 0 saturated heterocycles. The largest absolute Gasteiger partial charge is 0.396 e. The fourth-order valence-corrected chi connectivity index (χ4v) is 1.56. The number of benzene rings is 1. The number of hydrogen-bond acceptors (Lipinski definition) is 2. The first-order valence-corrected chi connectivity index (χ1v) is 5.10. The summed E-state index contributed by atoms with van der Waals surface area (Å²) in [6.45, 7) is 0.242. The minimum atomic E-state index is 0.242. The van der Waals surface area contributed by atoms with Crippen molar-refractivity contribution >= 4 is 0 Å². The molecule has 0 fully saturated rings. The second-order valence-electron chi connectivity index (χ2n) is 3.45. The number of aromatic nitrogens is 2. The van der Waals surface area contributed by atoms with Gasteiger partial charge < -0.3 is 5.11 Å². The van der Waals surface area contributed by atoms with E-state index in [0.717, 1.165) is 18.5 Å². The molecular weight excluding hydrogens is 188 g/mol. The van der Waals surface area contributed by atoms with Gasteiger partial charge in [0.2, 0.25) is 0 Å². The molecular formula is C12H14N2O. The molecule has 2 aromatic rings. The van der Waals surface area contributed by atoms with Crippen molar-refractivity contribution in [2.24, 2.45) is 0 Å². The summed E-state index contributed by atoms with van der Waals surface area (Å²) in [5.74, 6) is 0. The van der Waals surface area contributed by atoms with Crippen molar-refractivity contribution in [2.75, 3.05) is 6.61 Å². The molecule has 1 aromatic heterocycles. The normalized spacial score (nSPS) is 10.5. The van der Waals surface area contributed by atoms with Crippen molar-refractivity contribution in [3.05, 3.63) is 48.3 Å². The Hall–Kier alpha value is -1.61. The van der Waals surface area contributed by atoms with E-state index in [4.69, 9.17) is 5.11 Å². The molecule has 0 saturated carbocycles. The quantitative estimate of drug-likeness (QED) is 0.821. The van der Waals surface area contributed by atoms with Crippen LogP contribution in [0.4, 0.5) is 0 Å². The Kier molecular flexibility index (Phi) is 3.15. The van der Waals surface area contributed by atoms with Crippen LogP contribution in [0.2, 0.25) is 0 Å². The molecule has 0 radical (unpaired) electrons. The standard InChI is InChI=1S/C12H14N2O/c15-9-2-5-11-4-1-6-12(10-11)14-8-3-7-13-14/h1,3-4,6-8,10,15H,2,5,9H2. The van der Waals surface area contributed by atoms with E-state index in [1.807, 2.05) is 29.1 Å². The summed E-state index contributed by atoms with van der Waals surface area (Å²) >= 11 is 0. The van der Waals surface area contributed by atoms with Crippen molar-refractivity contribution in [1.29, 1.82) is 0 Å². The second kappa shape index (κ2) is 4.75. The molecule has 0 atom stereocenters. The van der Waals surface area contributed by atoms with Gasteiger partial charge in [-0.1, -0.05) is 12.1 Å². The first kappa shape index (κ1) is 9.93. The lowest BCUT2D eigenvalue weighted by molar-refractivity contribution is 0.288. The molecule has 1 aromatic carbocycles. The average molecular weight is 202 g/mol. The van der Waals surface area contributed by atoms with Gasteiger partial charge in [0.05, 0.1) is 5.69 Å². The first-order valence-electron chi connectivity index (χ1n) is 5.10. The van der Waals surface area contributed by atoms with E-state index in [9.17, 15) is 0 Å². The van der Waals surface area contributed by atoms with Crippen molar-refractivity contribution in [3.63, 3.8) is 0 Å². The van der Waals surface area contributed by atoms with Gasteiger partial charge in [-0.05, 0) is 36.6 Å². The zero-order valence-electron chi connectivity index (χ0n) is 8.50. The number of nitrogens with zero attached hydrogens (tertiary/aromatic N) is 2. The van der Waals surface area contributed by atoms with Crippen molar-refractivity contribution in [1.82, 2.24) is 9.78 Å². The molecule has 0 aliphatic rings. The predicted octanol–water partition coefficient (Wildman–Crippen LogP) is 1.80. The molecule has 3 heteroatoms. The Morgan fingerprint density at radius 3 is 2.93 bits per heavy atom. The summed E-state index contributed by atoms with van der Waals surface area (Å²) in [5, 5.41) is 12.9. The Morgan fingerprint density at radius 2 is 2.20 bits per heavy atom. The van der Waals surface area contributed by atoms with Gasteiger partial charge in [-0.25, -0.2) is 4.68 Å². The van der Waals surface area contributed by atoms with Gasteiger partial charge in [0, 0.05) is 19.0 Å². The van der Waals surface area contributed by atoms with Crippen LogP contribution >= 0.6 is 0 Å². The number of hydrogen-bond donors (Lipinski definition) is 1. The average Bonchev–Trinajstić information content (AvgIpc) is 2.80. The van der Waals surface area contributed by atoms with Gasteiger partial charge in [-0.2, -0.15) is 5.10 Å². The monoisotopic (exact) mass is 202 g/mol. The van der Waals surface area contributed by atoms with E-state index >= 15 is 0 Å². The number of aliphatic hydroxyl groups is 1. The van der Waals surface area contributed by atoms with Crippen LogP contribution in [0, 0.1) is 0 Å². The molecule has 3 nitrogen and oxygen atoms in total. The van der Waals surface area contributed by atoms with Crippen LogP contribution < -0.4 is 0 Å². The molecule has 1 heterocycles. The molecule has 0 amide bonds. The highest BCUT2D eigenvalue weighted by atomic mass is 16.2. The minimum Gasteiger partial charge on any atom is -0.396 e. The molecule has 15 heavy (non-hydrogen) atoms. The molecule has 0 aliphatic carbocycles. The van der Waals surface area contributed by atoms with Crippen LogP contribution in [0.15, 0.2) is 42.7 Å². The van der Waals surface area contributed by atoms with Crippen LogP contribution in [0.5, 0.6) is 0 Å². The number of aryl methyl sites for hydroxylation is 1. The third-order valence-electron chi connectivity index (χ3n) is 2.30. The zero-order chi connectivity index (χ0) is 10.5. The van der Waals surface area contributed by atoms with Gasteiger partial charge in [0.25, 0.3) is 0 Å². The first-order chi connectivity index (χ1) is 7.40. The van der Waals surface area contributed by atoms with E-state index in [2.05, 4.69) is 17.2 Å². The highest BCUT2D eigenvalue weighted by molar-refractivity contribution is 5.35. The summed E-state index contributed by atoms with van der Waals surface area (Å²) in [6.07, 6.45) is 5.40. The Balaban J connectivity index is 2.19. The lowest BCUT2D eigenvalue weighted by atomic mass is 10.1. The molecule has 1 N–H and O–H groups in total. The number of aliphatic hydroxyl groups excluding tert-OH is 1. The maximum Gasteiger partial charge on any atom is 0.0648 e. The summed E-state index contributed by atoms with van der Waals surface area (Å²) in [7, 11) is 0. The van der Waals surface area contributed by atoms with Gasteiger partial charge in [0.1, 0.15) is 0 Å².